The number of nitrogens with zero attached hydrogens (tertiary/aromatic N) is 7. The number of hydrogen-bond acceptors (Lipinski definition) is 7. The van der Waals surface area contributed by atoms with Crippen LogP contribution in [0, 0.1) is 0 Å². The zero-order valence-corrected chi connectivity index (χ0v) is 27.0. The molecular weight excluding hydrogens is 600 g/mol. The minimum atomic E-state index is -1.26. The molecule has 5 heterocycles. The fraction of sp³-hybridized carbons (Fsp3) is 0.0588. The molecule has 3 aromatic heterocycles. The summed E-state index contributed by atoms with van der Waals surface area (Å²) in [6.07, 6.45) is 0. The summed E-state index contributed by atoms with van der Waals surface area (Å²) in [5, 5.41) is 4.03. The number of hydrogen-bond donors (Lipinski definition) is 2. The molecule has 9 nitrogen and oxygen atoms in total. The fourth-order valence-electron chi connectivity index (χ4n) is 6.24. The molecule has 206 valence electrons. The van der Waals surface area contributed by atoms with Crippen LogP contribution in [0.4, 0.5) is 0 Å². The molecule has 0 fully saturated rings. The number of benzene rings is 4. The molecule has 10 heteroatoms. The minimum absolute atomic E-state index is 0.605. The molecule has 2 aliphatic rings. The molecular formula is C34H23N9Zn. The van der Waals surface area contributed by atoms with Crippen molar-refractivity contribution in [1.29, 1.82) is 0 Å². The van der Waals surface area contributed by atoms with Crippen LogP contribution in [0.2, 0.25) is 0 Å². The van der Waals surface area contributed by atoms with E-state index in [1.165, 1.54) is 4.16 Å². The Labute approximate surface area is 259 Å². The van der Waals surface area contributed by atoms with Gasteiger partial charge < -0.3 is 0 Å². The molecule has 44 heavy (non-hydrogen) atoms. The number of aromatic nitrogens is 8. The molecule has 0 unspecified atom stereocenters. The zero-order valence-electron chi connectivity index (χ0n) is 24.0. The number of H-pyrrole nitrogens is 2. The van der Waals surface area contributed by atoms with Crippen molar-refractivity contribution in [2.24, 2.45) is 0 Å². The summed E-state index contributed by atoms with van der Waals surface area (Å²) in [6, 6.07) is 30.8. The Morgan fingerprint density at radius 2 is 0.864 bits per heavy atom. The maximum atomic E-state index is 5.19. The van der Waals surface area contributed by atoms with E-state index in [0.29, 0.717) is 34.6 Å². The molecule has 2 N–H and O–H groups in total. The molecule has 4 aromatic carbocycles. The van der Waals surface area contributed by atoms with Gasteiger partial charge >= 0.3 is 254 Å². The van der Waals surface area contributed by atoms with Crippen LogP contribution in [0.25, 0.3) is 89.7 Å². The molecule has 7 aromatic rings. The molecule has 2 aliphatic heterocycles. The van der Waals surface area contributed by atoms with Gasteiger partial charge in [0.2, 0.25) is 0 Å². The van der Waals surface area contributed by atoms with Crippen LogP contribution in [-0.2, 0) is 17.4 Å². The summed E-state index contributed by atoms with van der Waals surface area (Å²) >= 11 is -1.26. The Kier molecular flexibility index (Phi) is 5.57. The number of nitrogens with one attached hydrogen (secondary N) is 2. The fourth-order valence-corrected chi connectivity index (χ4v) is 9.25. The third-order valence-corrected chi connectivity index (χ3v) is 11.4. The second kappa shape index (κ2) is 9.67. The van der Waals surface area contributed by atoms with Crippen molar-refractivity contribution in [3.63, 3.8) is 0 Å². The van der Waals surface area contributed by atoms with E-state index in [9.17, 15) is 0 Å². The van der Waals surface area contributed by atoms with Gasteiger partial charge in [-0.3, -0.25) is 0 Å². The van der Waals surface area contributed by atoms with Crippen molar-refractivity contribution in [3.05, 3.63) is 91.0 Å². The molecule has 0 atom stereocenters. The van der Waals surface area contributed by atoms with Crippen molar-refractivity contribution in [3.8, 4) is 45.6 Å². The van der Waals surface area contributed by atoms with Gasteiger partial charge in [-0.2, -0.15) is 0 Å². The average molecular weight is 623 g/mol. The van der Waals surface area contributed by atoms with Gasteiger partial charge in [0.25, 0.3) is 0 Å². The Hall–Kier alpha value is -5.18. The summed E-state index contributed by atoms with van der Waals surface area (Å²) in [4.78, 5) is 37.5. The van der Waals surface area contributed by atoms with E-state index in [1.54, 1.807) is 0 Å². The predicted octanol–water partition coefficient (Wildman–Crippen LogP) is 6.05. The van der Waals surface area contributed by atoms with Crippen LogP contribution in [0.5, 0.6) is 0 Å². The zero-order chi connectivity index (χ0) is 29.4. The van der Waals surface area contributed by atoms with Gasteiger partial charge in [0.15, 0.2) is 0 Å². The van der Waals surface area contributed by atoms with Gasteiger partial charge in [0.1, 0.15) is 0 Å². The first-order valence-corrected chi connectivity index (χ1v) is 17.3. The van der Waals surface area contributed by atoms with Crippen molar-refractivity contribution in [2.45, 2.75) is 0 Å². The van der Waals surface area contributed by atoms with E-state index in [-0.39, 0.29) is 0 Å². The van der Waals surface area contributed by atoms with Crippen molar-refractivity contribution >= 4 is 48.3 Å². The van der Waals surface area contributed by atoms with E-state index in [0.717, 1.165) is 55.1 Å². The van der Waals surface area contributed by atoms with E-state index < -0.39 is 17.4 Å². The molecule has 0 aliphatic carbocycles. The molecule has 0 saturated carbocycles. The molecule has 9 rings (SSSR count). The second-order valence-corrected chi connectivity index (χ2v) is 16.2. The van der Waals surface area contributed by atoms with Crippen LogP contribution in [0.15, 0.2) is 91.0 Å². The second-order valence-electron chi connectivity index (χ2n) is 11.3. The monoisotopic (exact) mass is 621 g/mol. The van der Waals surface area contributed by atoms with Crippen molar-refractivity contribution in [1.82, 2.24) is 43.5 Å². The number of rotatable bonds is 2. The average Bonchev–Trinajstić information content (AvgIpc) is 3.77. The van der Waals surface area contributed by atoms with Crippen LogP contribution in [0.3, 0.4) is 0 Å². The first kappa shape index (κ1) is 25.3. The molecule has 0 radical (unpaired) electrons. The Balaban J connectivity index is 1.50. The first-order valence-electron chi connectivity index (χ1n) is 14.5. The number of aromatic amines is 2. The van der Waals surface area contributed by atoms with Gasteiger partial charge in [-0.25, -0.2) is 0 Å². The number of fused-ring (bicyclic) bond motifs is 20. The standard InChI is InChI=1S/C32H17N8.C2H6N.Zn/c1-2-10-18-17(9-1)25-33-26(18)38-28-21-13-5-6-14-22(21)30(35-28)40-32-24-16-8-7-15-23(24)31(36-32)39-29-20-12-4-3-11-19(20)27(34-29)37-25;1-3-2;/h1-15H,(H2,33,34,35,36,37,38,39,40);1-2H3;/q;-1;+1. The van der Waals surface area contributed by atoms with E-state index >= 15 is 0 Å². The maximum absolute atomic E-state index is 5.19. The molecule has 0 saturated heterocycles. The summed E-state index contributed by atoms with van der Waals surface area (Å²) in [5.41, 5.74) is 6.60. The first-order chi connectivity index (χ1) is 21.6. The summed E-state index contributed by atoms with van der Waals surface area (Å²) in [7, 11) is 4.30. The summed E-state index contributed by atoms with van der Waals surface area (Å²) < 4.78 is 3.67. The Morgan fingerprint density at radius 1 is 0.455 bits per heavy atom. The SMILES string of the molecule is C[N](C)[Zn][c]1cccc2c3nc4nc(nc5[nH]c(nc6nc(nc([nH]3)c12)-c1ccccc1-6)c1ccccc51)-c1ccccc1-4. The summed E-state index contributed by atoms with van der Waals surface area (Å²) in [5.74, 6) is 2.44. The van der Waals surface area contributed by atoms with Crippen LogP contribution < -0.4 is 4.16 Å². The Morgan fingerprint density at radius 3 is 1.36 bits per heavy atom. The Bertz CT molecular complexity index is 2470. The molecule has 8 bridgehead atoms. The van der Waals surface area contributed by atoms with Crippen LogP contribution >= 0.6 is 0 Å². The predicted molar refractivity (Wildman–Crippen MR) is 169 cm³/mol. The van der Waals surface area contributed by atoms with Gasteiger partial charge in [-0.05, 0) is 0 Å². The topological polar surface area (TPSA) is 112 Å². The van der Waals surface area contributed by atoms with Gasteiger partial charge in [-0.1, -0.05) is 6.07 Å². The third-order valence-electron chi connectivity index (χ3n) is 8.15. The van der Waals surface area contributed by atoms with Gasteiger partial charge in [0.05, 0.1) is 0 Å². The normalized spacial score (nSPS) is 12.0. The van der Waals surface area contributed by atoms with Crippen molar-refractivity contribution in [2.75, 3.05) is 14.1 Å². The quantitative estimate of drug-likeness (QED) is 0.226. The van der Waals surface area contributed by atoms with E-state index in [1.807, 2.05) is 60.7 Å². The van der Waals surface area contributed by atoms with Gasteiger partial charge in [-0.15, -0.1) is 0 Å². The van der Waals surface area contributed by atoms with E-state index in [2.05, 4.69) is 58.0 Å². The third kappa shape index (κ3) is 3.92. The van der Waals surface area contributed by atoms with Gasteiger partial charge in [0, 0.05) is 0 Å². The van der Waals surface area contributed by atoms with E-state index in [4.69, 9.17) is 29.9 Å². The summed E-state index contributed by atoms with van der Waals surface area (Å²) in [6.45, 7) is 0. The van der Waals surface area contributed by atoms with Crippen LogP contribution in [-0.4, -0.2) is 57.6 Å². The van der Waals surface area contributed by atoms with Crippen LogP contribution in [0.1, 0.15) is 0 Å². The van der Waals surface area contributed by atoms with Crippen molar-refractivity contribution < 1.29 is 17.4 Å². The molecule has 0 amide bonds. The molecule has 0 spiro atoms.